The Hall–Kier alpha value is 0.267. The maximum absolute atomic E-state index is 6.51. The molecule has 0 heterocycles. The minimum atomic E-state index is -1.68. The van der Waals surface area contributed by atoms with Gasteiger partial charge >= 0.3 is 0 Å². The van der Waals surface area contributed by atoms with Gasteiger partial charge in [-0.3, -0.25) is 0 Å². The number of rotatable bonds is 7. The predicted octanol–water partition coefficient (Wildman–Crippen LogP) is 5.45. The van der Waals surface area contributed by atoms with Crippen LogP contribution in [0.5, 0.6) is 0 Å². The highest BCUT2D eigenvalue weighted by Gasteiger charge is 2.44. The molecular weight excluding hydrogens is 244 g/mol. The maximum Gasteiger partial charge on any atom is 0.200 e. The predicted molar refractivity (Wildman–Crippen MR) is 84.3 cm³/mol. The van der Waals surface area contributed by atoms with Gasteiger partial charge in [0.15, 0.2) is 0 Å². The molecule has 0 amide bonds. The summed E-state index contributed by atoms with van der Waals surface area (Å²) in [6.45, 7) is 16.9. The first-order valence-electron chi connectivity index (χ1n) is 6.65. The zero-order chi connectivity index (χ0) is 13.6. The van der Waals surface area contributed by atoms with Gasteiger partial charge in [-0.25, -0.2) is 0 Å². The van der Waals surface area contributed by atoms with Gasteiger partial charge in [0.1, 0.15) is 0 Å². The molecule has 0 aromatic heterocycles. The van der Waals surface area contributed by atoms with E-state index in [1.807, 2.05) is 0 Å². The molecule has 0 aliphatic rings. The summed E-state index contributed by atoms with van der Waals surface area (Å²) in [6.07, 6.45) is 4.30. The second-order valence-electron chi connectivity index (χ2n) is 5.57. The van der Waals surface area contributed by atoms with E-state index >= 15 is 0 Å². The number of hydrogen-bond donors (Lipinski definition) is 0. The lowest BCUT2D eigenvalue weighted by Gasteiger charge is -2.42. The first-order valence-corrected chi connectivity index (χ1v) is 10.0. The van der Waals surface area contributed by atoms with Crippen LogP contribution in [-0.2, 0) is 4.43 Å². The Morgan fingerprint density at radius 1 is 1.06 bits per heavy atom. The standard InChI is InChI=1S/C14H30OSSi/c1-9-14(16-8)10-15-17(11(2)3,12(4)5)13(6)7/h9,11-13H,10H2,1-8H3/b14-9+. The third-order valence-electron chi connectivity index (χ3n) is 3.76. The quantitative estimate of drug-likeness (QED) is 0.571. The van der Waals surface area contributed by atoms with Gasteiger partial charge in [-0.2, -0.15) is 0 Å². The van der Waals surface area contributed by atoms with E-state index in [-0.39, 0.29) is 0 Å². The van der Waals surface area contributed by atoms with Gasteiger partial charge in [-0.1, -0.05) is 47.6 Å². The van der Waals surface area contributed by atoms with Gasteiger partial charge in [0, 0.05) is 4.91 Å². The molecule has 0 atom stereocenters. The Morgan fingerprint density at radius 2 is 1.47 bits per heavy atom. The highest BCUT2D eigenvalue weighted by Crippen LogP contribution is 2.42. The van der Waals surface area contributed by atoms with Gasteiger partial charge in [0.2, 0.25) is 8.32 Å². The second kappa shape index (κ2) is 7.65. The zero-order valence-corrected chi connectivity index (χ0v) is 14.6. The molecule has 0 N–H and O–H groups in total. The fourth-order valence-corrected chi connectivity index (χ4v) is 8.88. The van der Waals surface area contributed by atoms with E-state index in [4.69, 9.17) is 4.43 Å². The summed E-state index contributed by atoms with van der Waals surface area (Å²) in [5, 5.41) is 0. The molecule has 0 saturated carbocycles. The van der Waals surface area contributed by atoms with Crippen molar-refractivity contribution in [2.45, 2.75) is 65.1 Å². The molecule has 17 heavy (non-hydrogen) atoms. The van der Waals surface area contributed by atoms with E-state index in [9.17, 15) is 0 Å². The molecule has 0 rings (SSSR count). The molecule has 0 bridgehead atoms. The lowest BCUT2D eigenvalue weighted by molar-refractivity contribution is 0.313. The smallest absolute Gasteiger partial charge is 0.200 e. The summed E-state index contributed by atoms with van der Waals surface area (Å²) in [5.74, 6) is 0. The first kappa shape index (κ1) is 17.3. The summed E-state index contributed by atoms with van der Waals surface area (Å²) in [7, 11) is -1.68. The van der Waals surface area contributed by atoms with Crippen LogP contribution in [0.4, 0.5) is 0 Å². The van der Waals surface area contributed by atoms with Gasteiger partial charge < -0.3 is 4.43 Å². The summed E-state index contributed by atoms with van der Waals surface area (Å²) in [6, 6.07) is 0. The number of hydrogen-bond acceptors (Lipinski definition) is 2. The fourth-order valence-electron chi connectivity index (χ4n) is 2.96. The van der Waals surface area contributed by atoms with Crippen molar-refractivity contribution in [2.24, 2.45) is 0 Å². The minimum absolute atomic E-state index is 0.669. The van der Waals surface area contributed by atoms with Crippen molar-refractivity contribution >= 4 is 20.1 Å². The molecule has 0 aromatic carbocycles. The van der Waals surface area contributed by atoms with Gasteiger partial charge in [-0.15, -0.1) is 11.8 Å². The topological polar surface area (TPSA) is 9.23 Å². The molecule has 102 valence electrons. The van der Waals surface area contributed by atoms with Crippen LogP contribution in [0.25, 0.3) is 0 Å². The Balaban J connectivity index is 4.94. The van der Waals surface area contributed by atoms with Gasteiger partial charge in [0.05, 0.1) is 6.61 Å². The third-order valence-corrected chi connectivity index (χ3v) is 10.7. The summed E-state index contributed by atoms with van der Waals surface area (Å²) >= 11 is 1.80. The van der Waals surface area contributed by atoms with Crippen LogP contribution in [0.15, 0.2) is 11.0 Å². The highest BCUT2D eigenvalue weighted by atomic mass is 32.2. The van der Waals surface area contributed by atoms with Crippen molar-refractivity contribution < 1.29 is 4.43 Å². The van der Waals surface area contributed by atoms with E-state index in [2.05, 4.69) is 60.8 Å². The van der Waals surface area contributed by atoms with Crippen molar-refractivity contribution in [2.75, 3.05) is 12.9 Å². The van der Waals surface area contributed by atoms with Crippen LogP contribution in [0, 0.1) is 0 Å². The summed E-state index contributed by atoms with van der Waals surface area (Å²) in [5.41, 5.74) is 2.01. The largest absolute Gasteiger partial charge is 0.411 e. The average Bonchev–Trinajstić information content (AvgIpc) is 2.23. The molecule has 0 spiro atoms. The third kappa shape index (κ3) is 4.14. The summed E-state index contributed by atoms with van der Waals surface area (Å²) in [4.78, 5) is 1.35. The molecule has 1 nitrogen and oxygen atoms in total. The van der Waals surface area contributed by atoms with Gasteiger partial charge in [0.25, 0.3) is 0 Å². The van der Waals surface area contributed by atoms with Crippen molar-refractivity contribution in [1.82, 2.24) is 0 Å². The first-order chi connectivity index (χ1) is 7.82. The molecule has 0 aliphatic heterocycles. The molecule has 0 aliphatic carbocycles. The van der Waals surface area contributed by atoms with Crippen LogP contribution in [0.1, 0.15) is 48.5 Å². The molecule has 0 unspecified atom stereocenters. The number of allylic oxidation sites excluding steroid dienone is 1. The van der Waals surface area contributed by atoms with Crippen LogP contribution < -0.4 is 0 Å². The van der Waals surface area contributed by atoms with Gasteiger partial charge in [-0.05, 0) is 29.8 Å². The van der Waals surface area contributed by atoms with Crippen LogP contribution in [0.2, 0.25) is 16.6 Å². The Bertz CT molecular complexity index is 225. The van der Waals surface area contributed by atoms with E-state index in [1.54, 1.807) is 11.8 Å². The van der Waals surface area contributed by atoms with Crippen molar-refractivity contribution in [3.05, 3.63) is 11.0 Å². The second-order valence-corrected chi connectivity index (χ2v) is 12.0. The molecule has 0 aromatic rings. The van der Waals surface area contributed by atoms with Crippen LogP contribution in [0.3, 0.4) is 0 Å². The summed E-state index contributed by atoms with van der Waals surface area (Å²) < 4.78 is 6.51. The Morgan fingerprint density at radius 3 is 1.71 bits per heavy atom. The van der Waals surface area contributed by atoms with Crippen LogP contribution >= 0.6 is 11.8 Å². The maximum atomic E-state index is 6.51. The average molecular weight is 275 g/mol. The SMILES string of the molecule is C/C=C(\CO[Si](C(C)C)(C(C)C)C(C)C)SC. The molecule has 3 heteroatoms. The van der Waals surface area contributed by atoms with Crippen molar-refractivity contribution in [3.63, 3.8) is 0 Å². The van der Waals surface area contributed by atoms with E-state index in [0.29, 0.717) is 16.6 Å². The lowest BCUT2D eigenvalue weighted by Crippen LogP contribution is -2.48. The number of thioether (sulfide) groups is 1. The highest BCUT2D eigenvalue weighted by molar-refractivity contribution is 8.02. The Labute approximate surface area is 114 Å². The van der Waals surface area contributed by atoms with Crippen molar-refractivity contribution in [1.29, 1.82) is 0 Å². The molecule has 0 radical (unpaired) electrons. The molecule has 0 saturated heterocycles. The van der Waals surface area contributed by atoms with E-state index < -0.39 is 8.32 Å². The monoisotopic (exact) mass is 274 g/mol. The van der Waals surface area contributed by atoms with E-state index in [1.165, 1.54) is 4.91 Å². The molecular formula is C14H30OSSi. The fraction of sp³-hybridized carbons (Fsp3) is 0.857. The van der Waals surface area contributed by atoms with Crippen molar-refractivity contribution in [3.8, 4) is 0 Å². The minimum Gasteiger partial charge on any atom is -0.411 e. The lowest BCUT2D eigenvalue weighted by atomic mass is 10.5. The zero-order valence-electron chi connectivity index (χ0n) is 12.8. The van der Waals surface area contributed by atoms with Crippen LogP contribution in [-0.4, -0.2) is 21.2 Å². The Kier molecular flexibility index (Phi) is 7.77. The normalized spacial score (nSPS) is 14.2. The van der Waals surface area contributed by atoms with E-state index in [0.717, 1.165) is 6.61 Å². The molecule has 0 fully saturated rings.